The number of aromatic nitrogens is 1. The highest BCUT2D eigenvalue weighted by Crippen LogP contribution is 2.42. The first-order valence-electron chi connectivity index (χ1n) is 11.5. The number of nitrogen functional groups attached to an aromatic ring is 1. The Morgan fingerprint density at radius 3 is 2.00 bits per heavy atom. The first kappa shape index (κ1) is 22.7. The summed E-state index contributed by atoms with van der Waals surface area (Å²) in [4.78, 5) is 4.86. The van der Waals surface area contributed by atoms with Crippen molar-refractivity contribution >= 4 is 40.3 Å². The molecule has 5 rings (SSSR count). The Bertz CT molecular complexity index is 1300. The Labute approximate surface area is 211 Å². The Balaban J connectivity index is 1.44. The molecule has 0 amide bonds. The van der Waals surface area contributed by atoms with Crippen molar-refractivity contribution in [3.05, 3.63) is 88.5 Å². The third-order valence-electron chi connectivity index (χ3n) is 6.77. The lowest BCUT2D eigenvalue weighted by Crippen LogP contribution is -2.46. The maximum Gasteiger partial charge on any atom is 0.0697 e. The van der Waals surface area contributed by atoms with Crippen molar-refractivity contribution in [3.8, 4) is 22.4 Å². The monoisotopic (exact) mass is 490 g/mol. The zero-order valence-electron chi connectivity index (χ0n) is 19.4. The summed E-state index contributed by atoms with van der Waals surface area (Å²) in [6.07, 6.45) is 0. The van der Waals surface area contributed by atoms with Crippen LogP contribution < -0.4 is 15.5 Å². The van der Waals surface area contributed by atoms with Crippen LogP contribution in [0.1, 0.15) is 5.69 Å². The van der Waals surface area contributed by atoms with Gasteiger partial charge in [0, 0.05) is 66.6 Å². The molecule has 4 nitrogen and oxygen atoms in total. The maximum absolute atomic E-state index is 6.89. The van der Waals surface area contributed by atoms with E-state index in [-0.39, 0.29) is 0 Å². The number of nitrogens with two attached hydrogens (primary N) is 1. The molecule has 4 aromatic rings. The number of anilines is 3. The van der Waals surface area contributed by atoms with E-state index in [1.807, 2.05) is 24.3 Å². The Morgan fingerprint density at radius 1 is 0.735 bits per heavy atom. The number of benzene rings is 3. The number of hydrogen-bond acceptors (Lipinski definition) is 3. The molecule has 2 N–H and O–H groups in total. The van der Waals surface area contributed by atoms with Crippen molar-refractivity contribution in [2.24, 2.45) is 7.05 Å². The molecule has 0 aliphatic carbocycles. The molecule has 0 radical (unpaired) electrons. The highest BCUT2D eigenvalue weighted by atomic mass is 35.5. The molecule has 6 heteroatoms. The molecule has 0 unspecified atom stereocenters. The fraction of sp³-hybridized carbons (Fsp3) is 0.214. The van der Waals surface area contributed by atoms with Gasteiger partial charge < -0.3 is 20.1 Å². The lowest BCUT2D eigenvalue weighted by Gasteiger charge is -2.37. The summed E-state index contributed by atoms with van der Waals surface area (Å²) in [7, 11) is 2.06. The van der Waals surface area contributed by atoms with Gasteiger partial charge in [-0.1, -0.05) is 47.5 Å². The molecule has 2 heterocycles. The van der Waals surface area contributed by atoms with Gasteiger partial charge >= 0.3 is 0 Å². The molecule has 1 saturated heterocycles. The normalized spacial score (nSPS) is 14.0. The van der Waals surface area contributed by atoms with Crippen molar-refractivity contribution in [2.75, 3.05) is 41.7 Å². The summed E-state index contributed by atoms with van der Waals surface area (Å²) in [6, 6.07) is 24.8. The maximum atomic E-state index is 6.89. The second-order valence-corrected chi connectivity index (χ2v) is 9.62. The van der Waals surface area contributed by atoms with Gasteiger partial charge in [-0.3, -0.25) is 0 Å². The zero-order valence-corrected chi connectivity index (χ0v) is 20.9. The number of hydrogen-bond donors (Lipinski definition) is 1. The van der Waals surface area contributed by atoms with Crippen LogP contribution in [-0.2, 0) is 7.05 Å². The summed E-state index contributed by atoms with van der Waals surface area (Å²) in [5.74, 6) is 0. The van der Waals surface area contributed by atoms with E-state index in [9.17, 15) is 0 Å². The van der Waals surface area contributed by atoms with Gasteiger partial charge in [-0.05, 0) is 66.6 Å². The van der Waals surface area contributed by atoms with E-state index in [0.29, 0.717) is 0 Å². The molecule has 1 aliphatic heterocycles. The summed E-state index contributed by atoms with van der Waals surface area (Å²) >= 11 is 13.0. The first-order valence-corrected chi connectivity index (χ1v) is 12.2. The van der Waals surface area contributed by atoms with Crippen molar-refractivity contribution in [2.45, 2.75) is 6.92 Å². The average molecular weight is 491 g/mol. The van der Waals surface area contributed by atoms with Crippen LogP contribution in [0.3, 0.4) is 0 Å². The molecule has 3 aromatic carbocycles. The second-order valence-electron chi connectivity index (χ2n) is 8.80. The van der Waals surface area contributed by atoms with Crippen LogP contribution >= 0.6 is 23.2 Å². The van der Waals surface area contributed by atoms with Crippen LogP contribution in [0.5, 0.6) is 0 Å². The third kappa shape index (κ3) is 4.24. The van der Waals surface area contributed by atoms with E-state index >= 15 is 0 Å². The second kappa shape index (κ2) is 9.28. The minimum Gasteiger partial charge on any atom is -0.399 e. The molecule has 0 spiro atoms. The summed E-state index contributed by atoms with van der Waals surface area (Å²) in [5, 5.41) is 1.51. The average Bonchev–Trinajstić information content (AvgIpc) is 3.09. The first-order chi connectivity index (χ1) is 16.4. The smallest absolute Gasteiger partial charge is 0.0697 e. The van der Waals surface area contributed by atoms with Gasteiger partial charge in [0.15, 0.2) is 0 Å². The van der Waals surface area contributed by atoms with E-state index in [1.165, 1.54) is 11.4 Å². The fourth-order valence-corrected chi connectivity index (χ4v) is 5.19. The van der Waals surface area contributed by atoms with Crippen LogP contribution in [0.15, 0.2) is 72.8 Å². The topological polar surface area (TPSA) is 37.4 Å². The van der Waals surface area contributed by atoms with Gasteiger partial charge in [0.1, 0.15) is 0 Å². The van der Waals surface area contributed by atoms with Gasteiger partial charge in [-0.2, -0.15) is 0 Å². The van der Waals surface area contributed by atoms with Gasteiger partial charge in [0.2, 0.25) is 0 Å². The lowest BCUT2D eigenvalue weighted by atomic mass is 10.00. The summed E-state index contributed by atoms with van der Waals surface area (Å²) < 4.78 is 2.17. The number of piperazine rings is 1. The molecule has 1 aromatic heterocycles. The molecule has 0 saturated carbocycles. The van der Waals surface area contributed by atoms with Gasteiger partial charge in [0.05, 0.1) is 10.7 Å². The van der Waals surface area contributed by atoms with E-state index in [0.717, 1.165) is 70.0 Å². The van der Waals surface area contributed by atoms with Crippen molar-refractivity contribution in [1.29, 1.82) is 0 Å². The van der Waals surface area contributed by atoms with Gasteiger partial charge in [-0.15, -0.1) is 0 Å². The van der Waals surface area contributed by atoms with Crippen LogP contribution in [0, 0.1) is 6.92 Å². The Hall–Kier alpha value is -3.08. The van der Waals surface area contributed by atoms with E-state index in [4.69, 9.17) is 28.9 Å². The quantitative estimate of drug-likeness (QED) is 0.316. The SMILES string of the molecule is Cc1c(Cl)c(-c2cccc(N3CCN(c4ccc(N)cc4)CC3)c2)c(-c2ccc(Cl)cc2)n1C. The van der Waals surface area contributed by atoms with E-state index < -0.39 is 0 Å². The number of halogens is 2. The molecule has 0 bridgehead atoms. The van der Waals surface area contributed by atoms with Crippen molar-refractivity contribution in [1.82, 2.24) is 4.57 Å². The van der Waals surface area contributed by atoms with Gasteiger partial charge in [0.25, 0.3) is 0 Å². The van der Waals surface area contributed by atoms with Crippen LogP contribution in [-0.4, -0.2) is 30.7 Å². The minimum atomic E-state index is 0.724. The molecule has 174 valence electrons. The summed E-state index contributed by atoms with van der Waals surface area (Å²) in [6.45, 7) is 5.91. The van der Waals surface area contributed by atoms with Crippen LogP contribution in [0.4, 0.5) is 17.1 Å². The summed E-state index contributed by atoms with van der Waals surface area (Å²) in [5.41, 5.74) is 14.5. The lowest BCUT2D eigenvalue weighted by molar-refractivity contribution is 0.654. The predicted molar refractivity (Wildman–Crippen MR) is 146 cm³/mol. The molecular weight excluding hydrogens is 463 g/mol. The largest absolute Gasteiger partial charge is 0.399 e. The van der Waals surface area contributed by atoms with E-state index in [2.05, 4.69) is 76.9 Å². The van der Waals surface area contributed by atoms with Crippen LogP contribution in [0.25, 0.3) is 22.4 Å². The minimum absolute atomic E-state index is 0.724. The van der Waals surface area contributed by atoms with Gasteiger partial charge in [-0.25, -0.2) is 0 Å². The number of rotatable bonds is 4. The standard InChI is InChI=1S/C28H28Cl2N4/c1-19-27(30)26(28(32(19)2)20-6-8-22(29)9-7-20)21-4-3-5-25(18-21)34-16-14-33(15-17-34)24-12-10-23(31)11-13-24/h3-13,18H,14-17,31H2,1-2H3. The Kier molecular flexibility index (Phi) is 6.20. The highest BCUT2D eigenvalue weighted by Gasteiger charge is 2.22. The van der Waals surface area contributed by atoms with E-state index in [1.54, 1.807) is 0 Å². The zero-order chi connectivity index (χ0) is 23.8. The Morgan fingerprint density at radius 2 is 1.35 bits per heavy atom. The molecule has 34 heavy (non-hydrogen) atoms. The molecule has 0 atom stereocenters. The van der Waals surface area contributed by atoms with Crippen LogP contribution in [0.2, 0.25) is 10.0 Å². The third-order valence-corrected chi connectivity index (χ3v) is 7.48. The highest BCUT2D eigenvalue weighted by molar-refractivity contribution is 6.35. The molecule has 1 fully saturated rings. The van der Waals surface area contributed by atoms with Crippen molar-refractivity contribution in [3.63, 3.8) is 0 Å². The van der Waals surface area contributed by atoms with Crippen molar-refractivity contribution < 1.29 is 0 Å². The number of nitrogens with zero attached hydrogens (tertiary/aromatic N) is 3. The fourth-order valence-electron chi connectivity index (χ4n) is 4.74. The molecular formula is C28H28Cl2N4. The molecule has 1 aliphatic rings. The predicted octanol–water partition coefficient (Wildman–Crippen LogP) is 6.88.